The Labute approximate surface area is 140 Å². The minimum Gasteiger partial charge on any atom is -0.313 e. The van der Waals surface area contributed by atoms with Gasteiger partial charge in [0.15, 0.2) is 0 Å². The molecule has 2 atom stereocenters. The maximum Gasteiger partial charge on any atom is 0.0345 e. The van der Waals surface area contributed by atoms with Gasteiger partial charge in [-0.2, -0.15) is 23.5 Å². The van der Waals surface area contributed by atoms with Gasteiger partial charge in [0.2, 0.25) is 0 Å². The first-order chi connectivity index (χ1) is 10.4. The molecular weight excluding hydrogens is 314 g/mol. The Hall–Kier alpha value is -0.160. The highest BCUT2D eigenvalue weighted by molar-refractivity contribution is 8.06. The molecule has 0 saturated carbocycles. The minimum absolute atomic E-state index is 0.612. The van der Waals surface area contributed by atoms with E-state index in [1.165, 1.54) is 45.7 Å². The van der Waals surface area contributed by atoms with Gasteiger partial charge < -0.3 is 5.32 Å². The van der Waals surface area contributed by atoms with Gasteiger partial charge >= 0.3 is 0 Å². The van der Waals surface area contributed by atoms with E-state index < -0.39 is 0 Å². The lowest BCUT2D eigenvalue weighted by molar-refractivity contribution is 0.507. The van der Waals surface area contributed by atoms with E-state index in [2.05, 4.69) is 65.4 Å². The normalized spacial score (nSPS) is 20.7. The van der Waals surface area contributed by atoms with Gasteiger partial charge in [-0.3, -0.25) is 0 Å². The van der Waals surface area contributed by atoms with Crippen molar-refractivity contribution in [3.8, 4) is 0 Å². The molecule has 1 aliphatic heterocycles. The Bertz CT molecular complexity index is 560. The molecule has 114 valence electrons. The molecule has 3 rings (SSSR count). The van der Waals surface area contributed by atoms with Crippen LogP contribution in [0.4, 0.5) is 0 Å². The van der Waals surface area contributed by atoms with Crippen LogP contribution < -0.4 is 5.32 Å². The van der Waals surface area contributed by atoms with Crippen LogP contribution in [0.15, 0.2) is 29.6 Å². The van der Waals surface area contributed by atoms with E-state index in [0.717, 1.165) is 11.8 Å². The molecule has 1 aromatic carbocycles. The number of rotatable bonds is 6. The van der Waals surface area contributed by atoms with Gasteiger partial charge in [0, 0.05) is 33.3 Å². The van der Waals surface area contributed by atoms with Gasteiger partial charge in [-0.1, -0.05) is 25.1 Å². The predicted molar refractivity (Wildman–Crippen MR) is 101 cm³/mol. The molecule has 0 aliphatic carbocycles. The first kappa shape index (κ1) is 15.7. The zero-order valence-corrected chi connectivity index (χ0v) is 15.0. The van der Waals surface area contributed by atoms with Crippen molar-refractivity contribution in [3.63, 3.8) is 0 Å². The summed E-state index contributed by atoms with van der Waals surface area (Å²) in [5.41, 5.74) is 1.53. The molecule has 2 unspecified atom stereocenters. The fraction of sp³-hybridized carbons (Fsp3) is 0.529. The van der Waals surface area contributed by atoms with Crippen LogP contribution in [0.3, 0.4) is 0 Å². The Morgan fingerprint density at radius 2 is 2.19 bits per heavy atom. The highest BCUT2D eigenvalue weighted by Gasteiger charge is 2.25. The van der Waals surface area contributed by atoms with Crippen molar-refractivity contribution >= 4 is 44.9 Å². The summed E-state index contributed by atoms with van der Waals surface area (Å²) in [7, 11) is 0. The number of thioether (sulfide) groups is 2. The fourth-order valence-corrected chi connectivity index (χ4v) is 6.70. The van der Waals surface area contributed by atoms with Crippen LogP contribution in [0.25, 0.3) is 10.1 Å². The lowest BCUT2D eigenvalue weighted by Gasteiger charge is -2.30. The van der Waals surface area contributed by atoms with Gasteiger partial charge in [0.05, 0.1) is 0 Å². The molecule has 1 saturated heterocycles. The van der Waals surface area contributed by atoms with Crippen molar-refractivity contribution in [3.05, 3.63) is 35.2 Å². The second-order valence-electron chi connectivity index (χ2n) is 5.51. The van der Waals surface area contributed by atoms with E-state index in [1.807, 2.05) is 11.3 Å². The Morgan fingerprint density at radius 3 is 3.00 bits per heavy atom. The molecule has 0 amide bonds. The summed E-state index contributed by atoms with van der Waals surface area (Å²) < 4.78 is 1.42. The van der Waals surface area contributed by atoms with Gasteiger partial charge in [-0.25, -0.2) is 0 Å². The van der Waals surface area contributed by atoms with Gasteiger partial charge in [0.25, 0.3) is 0 Å². The molecule has 1 nitrogen and oxygen atoms in total. The average molecular weight is 338 g/mol. The number of fused-ring (bicyclic) bond motifs is 1. The van der Waals surface area contributed by atoms with Crippen molar-refractivity contribution in [1.82, 2.24) is 5.32 Å². The summed E-state index contributed by atoms with van der Waals surface area (Å²) in [6.07, 6.45) is 2.38. The van der Waals surface area contributed by atoms with E-state index in [4.69, 9.17) is 0 Å². The van der Waals surface area contributed by atoms with Crippen molar-refractivity contribution in [2.24, 2.45) is 0 Å². The van der Waals surface area contributed by atoms with Crippen LogP contribution in [0.5, 0.6) is 0 Å². The predicted octanol–water partition coefficient (Wildman–Crippen LogP) is 4.66. The van der Waals surface area contributed by atoms with Crippen molar-refractivity contribution in [2.45, 2.75) is 31.1 Å². The largest absolute Gasteiger partial charge is 0.313 e. The lowest BCUT2D eigenvalue weighted by Crippen LogP contribution is -2.43. The molecule has 1 aliphatic rings. The number of thiophene rings is 1. The summed E-state index contributed by atoms with van der Waals surface area (Å²) in [5, 5.41) is 8.40. The summed E-state index contributed by atoms with van der Waals surface area (Å²) in [6, 6.07) is 9.44. The molecular formula is C17H23NS3. The van der Waals surface area contributed by atoms with Gasteiger partial charge in [-0.05, 0) is 41.8 Å². The summed E-state index contributed by atoms with van der Waals surface area (Å²) in [6.45, 7) is 3.39. The SMILES string of the molecule is CCCNC(Cc1csc2ccccc12)C1CSCCS1. The van der Waals surface area contributed by atoms with Crippen molar-refractivity contribution in [1.29, 1.82) is 0 Å². The molecule has 0 radical (unpaired) electrons. The van der Waals surface area contributed by atoms with Crippen molar-refractivity contribution in [2.75, 3.05) is 23.8 Å². The second kappa shape index (κ2) is 7.91. The molecule has 21 heavy (non-hydrogen) atoms. The number of benzene rings is 1. The van der Waals surface area contributed by atoms with Crippen LogP contribution in [-0.2, 0) is 6.42 Å². The van der Waals surface area contributed by atoms with Crippen LogP contribution in [0.2, 0.25) is 0 Å². The smallest absolute Gasteiger partial charge is 0.0345 e. The standard InChI is InChI=1S/C17H23NS3/c1-2-7-18-15(17-12-19-8-9-20-17)10-13-11-21-16-6-4-3-5-14(13)16/h3-6,11,15,17-18H,2,7-10,12H2,1H3. The highest BCUT2D eigenvalue weighted by atomic mass is 32.2. The lowest BCUT2D eigenvalue weighted by atomic mass is 10.0. The molecule has 2 heterocycles. The van der Waals surface area contributed by atoms with E-state index in [0.29, 0.717) is 6.04 Å². The quantitative estimate of drug-likeness (QED) is 0.823. The second-order valence-corrected chi connectivity index (χ2v) is 8.91. The van der Waals surface area contributed by atoms with Gasteiger partial charge in [0.1, 0.15) is 0 Å². The molecule has 1 N–H and O–H groups in total. The molecule has 0 bridgehead atoms. The third-order valence-corrected chi connectivity index (χ3v) is 7.88. The van der Waals surface area contributed by atoms with Crippen LogP contribution >= 0.6 is 34.9 Å². The van der Waals surface area contributed by atoms with Gasteiger partial charge in [-0.15, -0.1) is 11.3 Å². The Kier molecular flexibility index (Phi) is 5.92. The van der Waals surface area contributed by atoms with E-state index in [9.17, 15) is 0 Å². The number of hydrogen-bond acceptors (Lipinski definition) is 4. The fourth-order valence-electron chi connectivity index (χ4n) is 2.83. The van der Waals surface area contributed by atoms with Crippen LogP contribution in [0.1, 0.15) is 18.9 Å². The van der Waals surface area contributed by atoms with E-state index in [-0.39, 0.29) is 0 Å². The maximum absolute atomic E-state index is 3.81. The van der Waals surface area contributed by atoms with E-state index >= 15 is 0 Å². The maximum atomic E-state index is 3.81. The molecule has 1 aromatic heterocycles. The van der Waals surface area contributed by atoms with E-state index in [1.54, 1.807) is 0 Å². The Morgan fingerprint density at radius 1 is 1.29 bits per heavy atom. The van der Waals surface area contributed by atoms with Crippen LogP contribution in [0, 0.1) is 0 Å². The molecule has 2 aromatic rings. The zero-order chi connectivity index (χ0) is 14.5. The zero-order valence-electron chi connectivity index (χ0n) is 12.5. The molecule has 1 fully saturated rings. The number of hydrogen-bond donors (Lipinski definition) is 1. The summed E-state index contributed by atoms with van der Waals surface area (Å²) in [5.74, 6) is 3.93. The summed E-state index contributed by atoms with van der Waals surface area (Å²) in [4.78, 5) is 0. The minimum atomic E-state index is 0.612. The monoisotopic (exact) mass is 337 g/mol. The molecule has 4 heteroatoms. The third kappa shape index (κ3) is 3.98. The third-order valence-electron chi connectivity index (χ3n) is 3.95. The first-order valence-corrected chi connectivity index (χ1v) is 10.8. The van der Waals surface area contributed by atoms with Crippen molar-refractivity contribution < 1.29 is 0 Å². The summed E-state index contributed by atoms with van der Waals surface area (Å²) >= 11 is 6.18. The highest BCUT2D eigenvalue weighted by Crippen LogP contribution is 2.31. The van der Waals surface area contributed by atoms with Crippen LogP contribution in [-0.4, -0.2) is 35.1 Å². The first-order valence-electron chi connectivity index (χ1n) is 7.76. The average Bonchev–Trinajstić information content (AvgIpc) is 2.95. The number of nitrogens with one attached hydrogen (secondary N) is 1. The Balaban J connectivity index is 1.76. The molecule has 0 spiro atoms. The topological polar surface area (TPSA) is 12.0 Å².